The average molecular weight is 579 g/mol. The second-order valence-electron chi connectivity index (χ2n) is 8.25. The van der Waals surface area contributed by atoms with Crippen LogP contribution < -0.4 is 10.6 Å². The van der Waals surface area contributed by atoms with Crippen molar-refractivity contribution in [3.05, 3.63) is 135 Å². The maximum absolute atomic E-state index is 13.4. The highest BCUT2D eigenvalue weighted by atomic mass is 35.5. The molecule has 9 heteroatoms. The van der Waals surface area contributed by atoms with Gasteiger partial charge in [-0.25, -0.2) is 4.39 Å². The number of Topliss-reactive ketones (excluding diaryl/α,β-unsaturated/α-hetero) is 1. The highest BCUT2D eigenvalue weighted by Gasteiger charge is 2.16. The van der Waals surface area contributed by atoms with E-state index in [0.29, 0.717) is 27.4 Å². The number of hydrogen-bond donors (Lipinski definition) is 2. The number of anilines is 1. The van der Waals surface area contributed by atoms with Gasteiger partial charge in [0.1, 0.15) is 11.5 Å². The van der Waals surface area contributed by atoms with Crippen molar-refractivity contribution in [3.63, 3.8) is 0 Å². The van der Waals surface area contributed by atoms with E-state index in [9.17, 15) is 18.8 Å². The van der Waals surface area contributed by atoms with Crippen molar-refractivity contribution in [2.45, 2.75) is 4.90 Å². The third-order valence-electron chi connectivity index (χ3n) is 5.40. The van der Waals surface area contributed by atoms with E-state index in [1.165, 1.54) is 48.2 Å². The Morgan fingerprint density at radius 2 is 1.59 bits per heavy atom. The molecule has 0 aliphatic heterocycles. The van der Waals surface area contributed by atoms with Gasteiger partial charge in [-0.2, -0.15) is 0 Å². The molecular weight excluding hydrogens is 558 g/mol. The summed E-state index contributed by atoms with van der Waals surface area (Å²) in [5.74, 6) is -1.50. The van der Waals surface area contributed by atoms with Gasteiger partial charge < -0.3 is 10.6 Å². The SMILES string of the molecule is O=C(Nc1cccc(SCC(=O)c2ccc(Cl)cc2Cl)c1)/C(=C/c1ccc(F)cc1)NC(=O)c1ccccc1. The predicted octanol–water partition coefficient (Wildman–Crippen LogP) is 7.52. The number of ketones is 1. The number of nitrogens with one attached hydrogen (secondary N) is 2. The Kier molecular flexibility index (Phi) is 9.54. The van der Waals surface area contributed by atoms with Gasteiger partial charge in [0.25, 0.3) is 11.8 Å². The van der Waals surface area contributed by atoms with Gasteiger partial charge in [-0.05, 0) is 72.3 Å². The summed E-state index contributed by atoms with van der Waals surface area (Å²) < 4.78 is 13.4. The van der Waals surface area contributed by atoms with Crippen LogP contribution >= 0.6 is 35.0 Å². The molecule has 0 aromatic heterocycles. The minimum Gasteiger partial charge on any atom is -0.321 e. The van der Waals surface area contributed by atoms with E-state index in [0.717, 1.165) is 4.90 Å². The fourth-order valence-corrected chi connectivity index (χ4v) is 4.82. The molecule has 0 atom stereocenters. The van der Waals surface area contributed by atoms with Crippen LogP contribution in [-0.4, -0.2) is 23.4 Å². The first kappa shape index (κ1) is 28.1. The highest BCUT2D eigenvalue weighted by Crippen LogP contribution is 2.26. The summed E-state index contributed by atoms with van der Waals surface area (Å²) in [5.41, 5.74) is 1.71. The number of thioether (sulfide) groups is 1. The van der Waals surface area contributed by atoms with Gasteiger partial charge in [0.2, 0.25) is 0 Å². The molecule has 0 aliphatic rings. The van der Waals surface area contributed by atoms with Crippen LogP contribution in [0.3, 0.4) is 0 Å². The minimum atomic E-state index is -0.574. The Morgan fingerprint density at radius 3 is 2.31 bits per heavy atom. The molecule has 0 unspecified atom stereocenters. The number of benzene rings is 4. The molecule has 0 spiro atoms. The van der Waals surface area contributed by atoms with Crippen LogP contribution in [0.15, 0.2) is 108 Å². The number of carbonyl (C=O) groups is 3. The van der Waals surface area contributed by atoms with Crippen molar-refractivity contribution in [3.8, 4) is 0 Å². The summed E-state index contributed by atoms with van der Waals surface area (Å²) in [6.07, 6.45) is 1.46. The van der Waals surface area contributed by atoms with E-state index in [4.69, 9.17) is 23.2 Å². The quantitative estimate of drug-likeness (QED) is 0.122. The van der Waals surface area contributed by atoms with E-state index in [1.54, 1.807) is 60.7 Å². The molecule has 0 heterocycles. The minimum absolute atomic E-state index is 0.0268. The zero-order valence-corrected chi connectivity index (χ0v) is 22.6. The van der Waals surface area contributed by atoms with E-state index in [2.05, 4.69) is 10.6 Å². The molecule has 4 aromatic rings. The zero-order chi connectivity index (χ0) is 27.8. The summed E-state index contributed by atoms with van der Waals surface area (Å²) in [6, 6.07) is 25.7. The molecule has 4 rings (SSSR count). The van der Waals surface area contributed by atoms with Crippen LogP contribution in [0.1, 0.15) is 26.3 Å². The molecule has 2 amide bonds. The number of amides is 2. The van der Waals surface area contributed by atoms with Gasteiger partial charge in [0, 0.05) is 26.7 Å². The lowest BCUT2D eigenvalue weighted by Crippen LogP contribution is -2.30. The Balaban J connectivity index is 1.49. The monoisotopic (exact) mass is 578 g/mol. The summed E-state index contributed by atoms with van der Waals surface area (Å²) in [4.78, 5) is 39.4. The van der Waals surface area contributed by atoms with Gasteiger partial charge in [0.15, 0.2) is 5.78 Å². The summed E-state index contributed by atoms with van der Waals surface area (Å²) in [5, 5.41) is 6.15. The molecule has 5 nitrogen and oxygen atoms in total. The molecule has 0 radical (unpaired) electrons. The summed E-state index contributed by atoms with van der Waals surface area (Å²) in [7, 11) is 0. The standard InChI is InChI=1S/C30H21Cl2FN2O3S/c31-21-11-14-25(26(32)16-21)28(36)18-39-24-8-4-7-23(17-24)34-30(38)27(15-19-9-12-22(33)13-10-19)35-29(37)20-5-2-1-3-6-20/h1-17H,18H2,(H,34,38)(H,35,37)/b27-15-. The van der Waals surface area contributed by atoms with Crippen LogP contribution in [0, 0.1) is 5.82 Å². The van der Waals surface area contributed by atoms with Gasteiger partial charge in [-0.3, -0.25) is 14.4 Å². The maximum Gasteiger partial charge on any atom is 0.272 e. The summed E-state index contributed by atoms with van der Waals surface area (Å²) in [6.45, 7) is 0. The molecule has 196 valence electrons. The Hall–Kier alpha value is -3.91. The predicted molar refractivity (Wildman–Crippen MR) is 155 cm³/mol. The third-order valence-corrected chi connectivity index (χ3v) is 6.94. The molecule has 0 aliphatic carbocycles. The maximum atomic E-state index is 13.4. The lowest BCUT2D eigenvalue weighted by molar-refractivity contribution is -0.113. The van der Waals surface area contributed by atoms with Crippen molar-refractivity contribution >= 4 is 64.3 Å². The normalized spacial score (nSPS) is 11.1. The fourth-order valence-electron chi connectivity index (χ4n) is 3.47. The molecule has 0 saturated carbocycles. The van der Waals surface area contributed by atoms with Crippen molar-refractivity contribution in [1.82, 2.24) is 5.32 Å². The highest BCUT2D eigenvalue weighted by molar-refractivity contribution is 8.00. The van der Waals surface area contributed by atoms with Crippen LogP contribution in [0.25, 0.3) is 6.08 Å². The van der Waals surface area contributed by atoms with Crippen LogP contribution in [0.2, 0.25) is 10.0 Å². The van der Waals surface area contributed by atoms with Crippen molar-refractivity contribution in [2.24, 2.45) is 0 Å². The van der Waals surface area contributed by atoms with Crippen molar-refractivity contribution in [1.29, 1.82) is 0 Å². The largest absolute Gasteiger partial charge is 0.321 e. The number of hydrogen-bond acceptors (Lipinski definition) is 4. The van der Waals surface area contributed by atoms with E-state index in [1.807, 2.05) is 6.07 Å². The number of rotatable bonds is 9. The number of halogens is 3. The van der Waals surface area contributed by atoms with Crippen molar-refractivity contribution in [2.75, 3.05) is 11.1 Å². The van der Waals surface area contributed by atoms with E-state index >= 15 is 0 Å². The van der Waals surface area contributed by atoms with Gasteiger partial charge in [-0.1, -0.05) is 59.6 Å². The fraction of sp³-hybridized carbons (Fsp3) is 0.0333. The van der Waals surface area contributed by atoms with Gasteiger partial charge >= 0.3 is 0 Å². The molecule has 0 saturated heterocycles. The van der Waals surface area contributed by atoms with E-state index < -0.39 is 17.6 Å². The first-order chi connectivity index (χ1) is 18.8. The topological polar surface area (TPSA) is 75.3 Å². The molecule has 2 N–H and O–H groups in total. The molecule has 4 aromatic carbocycles. The Bertz CT molecular complexity index is 1540. The molecule has 39 heavy (non-hydrogen) atoms. The third kappa shape index (κ3) is 8.04. The Morgan fingerprint density at radius 1 is 0.846 bits per heavy atom. The van der Waals surface area contributed by atoms with E-state index in [-0.39, 0.29) is 22.3 Å². The molecular formula is C30H21Cl2FN2O3S. The van der Waals surface area contributed by atoms with Crippen molar-refractivity contribution < 1.29 is 18.8 Å². The van der Waals surface area contributed by atoms with Gasteiger partial charge in [0.05, 0.1) is 10.8 Å². The van der Waals surface area contributed by atoms with Gasteiger partial charge in [-0.15, -0.1) is 11.8 Å². The first-order valence-electron chi connectivity index (χ1n) is 11.6. The lowest BCUT2D eigenvalue weighted by Gasteiger charge is -2.12. The first-order valence-corrected chi connectivity index (χ1v) is 13.4. The average Bonchev–Trinajstić information content (AvgIpc) is 2.93. The second kappa shape index (κ2) is 13.2. The van der Waals surface area contributed by atoms with Crippen LogP contribution in [0.5, 0.6) is 0 Å². The smallest absolute Gasteiger partial charge is 0.272 e. The zero-order valence-electron chi connectivity index (χ0n) is 20.3. The van der Waals surface area contributed by atoms with Crippen LogP contribution in [-0.2, 0) is 4.79 Å². The Labute approximate surface area is 239 Å². The van der Waals surface area contributed by atoms with Crippen LogP contribution in [0.4, 0.5) is 10.1 Å². The second-order valence-corrected chi connectivity index (χ2v) is 10.1. The molecule has 0 fully saturated rings. The summed E-state index contributed by atoms with van der Waals surface area (Å²) >= 11 is 13.3. The number of carbonyl (C=O) groups excluding carboxylic acids is 3. The molecule has 0 bridgehead atoms. The lowest BCUT2D eigenvalue weighted by atomic mass is 10.1.